The predicted octanol–water partition coefficient (Wildman–Crippen LogP) is 1.15. The van der Waals surface area contributed by atoms with Gasteiger partial charge in [-0.05, 0) is 31.2 Å². The maximum absolute atomic E-state index is 11.6. The highest BCUT2D eigenvalue weighted by atomic mass is 32.2. The van der Waals surface area contributed by atoms with Crippen molar-refractivity contribution in [1.29, 1.82) is 0 Å². The van der Waals surface area contributed by atoms with E-state index in [9.17, 15) is 4.21 Å². The summed E-state index contributed by atoms with van der Waals surface area (Å²) in [5.41, 5.74) is 5.57. The minimum absolute atomic E-state index is 0.0436. The Morgan fingerprint density at radius 2 is 2.00 bits per heavy atom. The van der Waals surface area contributed by atoms with E-state index in [2.05, 4.69) is 0 Å². The van der Waals surface area contributed by atoms with E-state index < -0.39 is 10.8 Å². The third-order valence-corrected chi connectivity index (χ3v) is 3.36. The van der Waals surface area contributed by atoms with Gasteiger partial charge in [0.25, 0.3) is 0 Å². The van der Waals surface area contributed by atoms with Gasteiger partial charge in [0.2, 0.25) is 0 Å². The van der Waals surface area contributed by atoms with Crippen molar-refractivity contribution in [2.45, 2.75) is 17.9 Å². The van der Waals surface area contributed by atoms with Gasteiger partial charge in [0.15, 0.2) is 0 Å². The molecule has 0 aliphatic rings. The fourth-order valence-electron chi connectivity index (χ4n) is 1.06. The molecule has 78 valence electrons. The Labute approximate surface area is 86.7 Å². The molecule has 4 heteroatoms. The molecule has 0 heterocycles. The van der Waals surface area contributed by atoms with Crippen LogP contribution < -0.4 is 10.5 Å². The van der Waals surface area contributed by atoms with Crippen molar-refractivity contribution >= 4 is 10.8 Å². The highest BCUT2D eigenvalue weighted by Gasteiger charge is 2.06. The lowest BCUT2D eigenvalue weighted by Crippen LogP contribution is -2.22. The average Bonchev–Trinajstić information content (AvgIpc) is 2.17. The van der Waals surface area contributed by atoms with Crippen LogP contribution in [0.1, 0.15) is 6.92 Å². The molecule has 0 fully saturated rings. The van der Waals surface area contributed by atoms with E-state index in [0.29, 0.717) is 5.75 Å². The van der Waals surface area contributed by atoms with Crippen molar-refractivity contribution in [2.24, 2.45) is 5.73 Å². The number of hydrogen-bond acceptors (Lipinski definition) is 3. The highest BCUT2D eigenvalue weighted by Crippen LogP contribution is 2.14. The number of methoxy groups -OCH3 is 1. The molecule has 1 aromatic rings. The number of rotatable bonds is 4. The average molecular weight is 213 g/mol. The van der Waals surface area contributed by atoms with Gasteiger partial charge >= 0.3 is 0 Å². The molecule has 0 spiro atoms. The summed E-state index contributed by atoms with van der Waals surface area (Å²) in [6, 6.07) is 7.16. The van der Waals surface area contributed by atoms with Crippen molar-refractivity contribution in [3.05, 3.63) is 24.3 Å². The first-order valence-corrected chi connectivity index (χ1v) is 5.73. The van der Waals surface area contributed by atoms with Gasteiger partial charge in [-0.25, -0.2) is 0 Å². The van der Waals surface area contributed by atoms with Crippen LogP contribution in [0.15, 0.2) is 29.2 Å². The van der Waals surface area contributed by atoms with E-state index in [4.69, 9.17) is 10.5 Å². The zero-order valence-corrected chi connectivity index (χ0v) is 9.21. The third-order valence-electron chi connectivity index (χ3n) is 1.74. The molecule has 2 atom stereocenters. The Hall–Kier alpha value is -0.870. The zero-order valence-electron chi connectivity index (χ0n) is 8.40. The van der Waals surface area contributed by atoms with Crippen LogP contribution in [0.4, 0.5) is 0 Å². The molecule has 2 unspecified atom stereocenters. The summed E-state index contributed by atoms with van der Waals surface area (Å²) in [5.74, 6) is 1.26. The number of ether oxygens (including phenoxy) is 1. The van der Waals surface area contributed by atoms with E-state index in [1.54, 1.807) is 31.4 Å². The third kappa shape index (κ3) is 3.12. The van der Waals surface area contributed by atoms with Crippen LogP contribution in [-0.2, 0) is 10.8 Å². The fraction of sp³-hybridized carbons (Fsp3) is 0.400. The monoisotopic (exact) mass is 213 g/mol. The van der Waals surface area contributed by atoms with Crippen molar-refractivity contribution < 1.29 is 8.95 Å². The maximum atomic E-state index is 11.6. The van der Waals surface area contributed by atoms with Crippen LogP contribution >= 0.6 is 0 Å². The predicted molar refractivity (Wildman–Crippen MR) is 57.9 cm³/mol. The molecule has 14 heavy (non-hydrogen) atoms. The van der Waals surface area contributed by atoms with Crippen LogP contribution in [-0.4, -0.2) is 23.1 Å². The topological polar surface area (TPSA) is 52.3 Å². The Morgan fingerprint density at radius 3 is 2.43 bits per heavy atom. The lowest BCUT2D eigenvalue weighted by atomic mass is 10.3. The van der Waals surface area contributed by atoms with Gasteiger partial charge in [0.1, 0.15) is 5.75 Å². The Kier molecular flexibility index (Phi) is 4.10. The van der Waals surface area contributed by atoms with E-state index >= 15 is 0 Å². The number of nitrogens with two attached hydrogens (primary N) is 1. The van der Waals surface area contributed by atoms with E-state index in [0.717, 1.165) is 10.6 Å². The van der Waals surface area contributed by atoms with Crippen molar-refractivity contribution in [3.8, 4) is 5.75 Å². The van der Waals surface area contributed by atoms with Gasteiger partial charge in [-0.1, -0.05) is 0 Å². The van der Waals surface area contributed by atoms with Crippen molar-refractivity contribution in [2.75, 3.05) is 12.9 Å². The summed E-state index contributed by atoms with van der Waals surface area (Å²) >= 11 is 0. The molecule has 0 bridgehead atoms. The van der Waals surface area contributed by atoms with Crippen molar-refractivity contribution in [1.82, 2.24) is 0 Å². The normalized spacial score (nSPS) is 14.8. The minimum Gasteiger partial charge on any atom is -0.497 e. The van der Waals surface area contributed by atoms with Crippen LogP contribution in [0.25, 0.3) is 0 Å². The van der Waals surface area contributed by atoms with Crippen LogP contribution in [0.2, 0.25) is 0 Å². The number of benzene rings is 1. The maximum Gasteiger partial charge on any atom is 0.118 e. The molecule has 0 aromatic heterocycles. The minimum atomic E-state index is -1.00. The standard InChI is InChI=1S/C10H15NO2S/c1-8(11)7-14(12)10-5-3-9(13-2)4-6-10/h3-6,8H,7,11H2,1-2H3. The zero-order chi connectivity index (χ0) is 10.6. The molecule has 0 amide bonds. The van der Waals surface area contributed by atoms with Gasteiger partial charge in [-0.15, -0.1) is 0 Å². The van der Waals surface area contributed by atoms with E-state index in [1.807, 2.05) is 6.92 Å². The Morgan fingerprint density at radius 1 is 1.43 bits per heavy atom. The van der Waals surface area contributed by atoms with Crippen LogP contribution in [0.5, 0.6) is 5.75 Å². The quantitative estimate of drug-likeness (QED) is 0.816. The summed E-state index contributed by atoms with van der Waals surface area (Å²) < 4.78 is 16.7. The first kappa shape index (κ1) is 11.2. The fourth-order valence-corrected chi connectivity index (χ4v) is 2.17. The lowest BCUT2D eigenvalue weighted by molar-refractivity contribution is 0.414. The molecule has 0 saturated carbocycles. The second-order valence-corrected chi connectivity index (χ2v) is 4.66. The van der Waals surface area contributed by atoms with Gasteiger partial charge in [0, 0.05) is 16.7 Å². The molecular formula is C10H15NO2S. The molecule has 1 rings (SSSR count). The second kappa shape index (κ2) is 5.12. The van der Waals surface area contributed by atoms with Crippen LogP contribution in [0.3, 0.4) is 0 Å². The first-order valence-electron chi connectivity index (χ1n) is 4.41. The summed E-state index contributed by atoms with van der Waals surface area (Å²) in [6.07, 6.45) is 0. The summed E-state index contributed by atoms with van der Waals surface area (Å²) in [5, 5.41) is 0. The largest absolute Gasteiger partial charge is 0.497 e. The smallest absolute Gasteiger partial charge is 0.118 e. The van der Waals surface area contributed by atoms with E-state index in [-0.39, 0.29) is 6.04 Å². The molecule has 0 saturated heterocycles. The highest BCUT2D eigenvalue weighted by molar-refractivity contribution is 7.85. The summed E-state index contributed by atoms with van der Waals surface area (Å²) in [4.78, 5) is 0.795. The first-order chi connectivity index (χ1) is 6.63. The van der Waals surface area contributed by atoms with Gasteiger partial charge in [0.05, 0.1) is 17.9 Å². The number of hydrogen-bond donors (Lipinski definition) is 1. The molecule has 0 aliphatic carbocycles. The van der Waals surface area contributed by atoms with E-state index in [1.165, 1.54) is 0 Å². The lowest BCUT2D eigenvalue weighted by Gasteiger charge is -2.05. The Balaban J connectivity index is 2.71. The second-order valence-electron chi connectivity index (χ2n) is 3.17. The summed E-state index contributed by atoms with van der Waals surface area (Å²) in [7, 11) is 0.601. The molecule has 3 nitrogen and oxygen atoms in total. The van der Waals surface area contributed by atoms with Gasteiger partial charge < -0.3 is 10.5 Å². The van der Waals surface area contributed by atoms with Crippen molar-refractivity contribution in [3.63, 3.8) is 0 Å². The van der Waals surface area contributed by atoms with Gasteiger partial charge in [-0.2, -0.15) is 0 Å². The molecule has 0 aliphatic heterocycles. The molecule has 0 radical (unpaired) electrons. The Bertz CT molecular complexity index is 308. The van der Waals surface area contributed by atoms with Crippen LogP contribution in [0, 0.1) is 0 Å². The molecular weight excluding hydrogens is 198 g/mol. The van der Waals surface area contributed by atoms with Gasteiger partial charge in [-0.3, -0.25) is 4.21 Å². The molecule has 1 aromatic carbocycles. The SMILES string of the molecule is COc1ccc(S(=O)CC(C)N)cc1. The molecule has 2 N–H and O–H groups in total. The summed E-state index contributed by atoms with van der Waals surface area (Å²) in [6.45, 7) is 1.85.